The second kappa shape index (κ2) is 7.26. The molecule has 4 nitrogen and oxygen atoms in total. The summed E-state index contributed by atoms with van der Waals surface area (Å²) < 4.78 is 0. The number of aryl methyl sites for hydroxylation is 2. The molecule has 2 aliphatic rings. The van der Waals surface area contributed by atoms with Crippen LogP contribution in [-0.4, -0.2) is 46.9 Å². The first-order valence-corrected chi connectivity index (χ1v) is 10.1. The second-order valence-corrected chi connectivity index (χ2v) is 8.22. The first-order chi connectivity index (χ1) is 12.2. The minimum Gasteiger partial charge on any atom is -0.340 e. The van der Waals surface area contributed by atoms with Crippen LogP contribution in [0.1, 0.15) is 40.6 Å². The maximum absolute atomic E-state index is 12.7. The van der Waals surface area contributed by atoms with E-state index in [4.69, 9.17) is 0 Å². The number of amides is 1. The minimum absolute atomic E-state index is 0.325. The van der Waals surface area contributed by atoms with Crippen molar-refractivity contribution < 1.29 is 4.79 Å². The van der Waals surface area contributed by atoms with Gasteiger partial charge in [-0.3, -0.25) is 9.69 Å². The Bertz CT molecular complexity index is 749. The zero-order chi connectivity index (χ0) is 17.2. The molecule has 25 heavy (non-hydrogen) atoms. The van der Waals surface area contributed by atoms with E-state index < -0.39 is 0 Å². The van der Waals surface area contributed by atoms with Crippen molar-refractivity contribution in [3.05, 3.63) is 51.5 Å². The maximum atomic E-state index is 12.7. The Morgan fingerprint density at radius 2 is 2.04 bits per heavy atom. The van der Waals surface area contributed by atoms with Gasteiger partial charge >= 0.3 is 0 Å². The summed E-state index contributed by atoms with van der Waals surface area (Å²) in [6.07, 6.45) is 2.91. The molecule has 0 radical (unpaired) electrons. The van der Waals surface area contributed by atoms with Crippen molar-refractivity contribution in [3.63, 3.8) is 0 Å². The normalized spacial score (nSPS) is 20.7. The molecule has 1 amide bonds. The molecule has 0 N–H and O–H groups in total. The molecule has 1 saturated heterocycles. The number of piperazine rings is 1. The van der Waals surface area contributed by atoms with E-state index >= 15 is 0 Å². The molecular weight excluding hydrogens is 330 g/mol. The van der Waals surface area contributed by atoms with Crippen LogP contribution in [0.25, 0.3) is 0 Å². The molecular formula is C20H25N3OS. The van der Waals surface area contributed by atoms with Crippen molar-refractivity contribution in [3.8, 4) is 0 Å². The summed E-state index contributed by atoms with van der Waals surface area (Å²) in [5.41, 5.74) is 3.99. The number of rotatable bonds is 4. The fourth-order valence-corrected chi connectivity index (χ4v) is 4.67. The number of nitrogens with zero attached hydrogens (tertiary/aromatic N) is 3. The Hall–Kier alpha value is -1.72. The third-order valence-electron chi connectivity index (χ3n) is 5.46. The number of carbonyl (C=O) groups excluding carboxylic acids is 1. The lowest BCUT2D eigenvalue weighted by Crippen LogP contribution is -2.48. The smallest absolute Gasteiger partial charge is 0.223 e. The van der Waals surface area contributed by atoms with Crippen LogP contribution < -0.4 is 0 Å². The molecule has 1 atom stereocenters. The van der Waals surface area contributed by atoms with E-state index in [9.17, 15) is 4.79 Å². The highest BCUT2D eigenvalue weighted by atomic mass is 32.1. The highest BCUT2D eigenvalue weighted by Gasteiger charge is 2.28. The van der Waals surface area contributed by atoms with E-state index in [-0.39, 0.29) is 0 Å². The van der Waals surface area contributed by atoms with E-state index in [0.717, 1.165) is 56.3 Å². The summed E-state index contributed by atoms with van der Waals surface area (Å²) in [5.74, 6) is 0.741. The van der Waals surface area contributed by atoms with E-state index in [1.165, 1.54) is 11.1 Å². The average Bonchev–Trinajstić information content (AvgIpc) is 3.22. The van der Waals surface area contributed by atoms with Gasteiger partial charge in [0.25, 0.3) is 0 Å². The van der Waals surface area contributed by atoms with Crippen molar-refractivity contribution in [1.82, 2.24) is 14.8 Å². The molecule has 132 valence electrons. The summed E-state index contributed by atoms with van der Waals surface area (Å²) in [6.45, 7) is 6.54. The standard InChI is InChI=1S/C20H25N3OS/c1-15-21-18(14-25-15)13-22-8-10-23(11-9-22)20(24)12-17-7-6-16-4-2-3-5-19(16)17/h2-5,14,17H,6-13H2,1H3/t17-/m0/s1. The molecule has 1 aromatic heterocycles. The second-order valence-electron chi connectivity index (χ2n) is 7.15. The van der Waals surface area contributed by atoms with Gasteiger partial charge in [-0.15, -0.1) is 11.3 Å². The van der Waals surface area contributed by atoms with Gasteiger partial charge in [0.05, 0.1) is 10.7 Å². The zero-order valence-corrected chi connectivity index (χ0v) is 15.6. The Balaban J connectivity index is 1.28. The average molecular weight is 356 g/mol. The summed E-state index contributed by atoms with van der Waals surface area (Å²) in [7, 11) is 0. The molecule has 1 aliphatic heterocycles. The molecule has 0 spiro atoms. The first-order valence-electron chi connectivity index (χ1n) is 9.18. The van der Waals surface area contributed by atoms with Crippen LogP contribution in [0.4, 0.5) is 0 Å². The summed E-state index contributed by atoms with van der Waals surface area (Å²) in [5, 5.41) is 3.27. The lowest BCUT2D eigenvalue weighted by atomic mass is 9.97. The number of hydrogen-bond donors (Lipinski definition) is 0. The molecule has 1 aliphatic carbocycles. The third kappa shape index (κ3) is 3.77. The van der Waals surface area contributed by atoms with Gasteiger partial charge < -0.3 is 4.90 Å². The van der Waals surface area contributed by atoms with E-state index in [2.05, 4.69) is 44.4 Å². The third-order valence-corrected chi connectivity index (χ3v) is 6.28. The van der Waals surface area contributed by atoms with Gasteiger partial charge in [-0.05, 0) is 36.8 Å². The van der Waals surface area contributed by atoms with E-state index in [0.29, 0.717) is 18.2 Å². The zero-order valence-electron chi connectivity index (χ0n) is 14.8. The molecule has 2 heterocycles. The minimum atomic E-state index is 0.325. The Morgan fingerprint density at radius 3 is 2.80 bits per heavy atom. The van der Waals surface area contributed by atoms with Crippen molar-refractivity contribution in [1.29, 1.82) is 0 Å². The molecule has 0 unspecified atom stereocenters. The largest absolute Gasteiger partial charge is 0.340 e. The Morgan fingerprint density at radius 1 is 1.24 bits per heavy atom. The summed E-state index contributed by atoms with van der Waals surface area (Å²) in [6, 6.07) is 8.61. The fraction of sp³-hybridized carbons (Fsp3) is 0.500. The topological polar surface area (TPSA) is 36.4 Å². The molecule has 2 aromatic rings. The fourth-order valence-electron chi connectivity index (χ4n) is 4.06. The number of aromatic nitrogens is 1. The van der Waals surface area contributed by atoms with Gasteiger partial charge in [0.15, 0.2) is 0 Å². The predicted molar refractivity (Wildman–Crippen MR) is 101 cm³/mol. The molecule has 1 aromatic carbocycles. The van der Waals surface area contributed by atoms with Gasteiger partial charge in [-0.1, -0.05) is 24.3 Å². The van der Waals surface area contributed by atoms with Gasteiger partial charge in [0.1, 0.15) is 0 Å². The number of carbonyl (C=O) groups is 1. The van der Waals surface area contributed by atoms with Crippen LogP contribution in [0.5, 0.6) is 0 Å². The number of thiazole rings is 1. The van der Waals surface area contributed by atoms with Crippen LogP contribution in [0, 0.1) is 6.92 Å². The molecule has 0 saturated carbocycles. The number of fused-ring (bicyclic) bond motifs is 1. The van der Waals surface area contributed by atoms with Gasteiger partial charge in [-0.25, -0.2) is 4.98 Å². The molecule has 0 bridgehead atoms. The van der Waals surface area contributed by atoms with Gasteiger partial charge in [-0.2, -0.15) is 0 Å². The predicted octanol–water partition coefficient (Wildman–Crippen LogP) is 3.22. The Labute approximate surface area is 153 Å². The Kier molecular flexibility index (Phi) is 4.86. The van der Waals surface area contributed by atoms with Gasteiger partial charge in [0, 0.05) is 44.5 Å². The molecule has 5 heteroatoms. The SMILES string of the molecule is Cc1nc(CN2CCN(C(=O)C[C@@H]3CCc4ccccc43)CC2)cs1. The first kappa shape index (κ1) is 16.7. The summed E-state index contributed by atoms with van der Waals surface area (Å²) in [4.78, 5) is 21.7. The highest BCUT2D eigenvalue weighted by molar-refractivity contribution is 7.09. The van der Waals surface area contributed by atoms with E-state index in [1.807, 2.05) is 6.92 Å². The van der Waals surface area contributed by atoms with E-state index in [1.54, 1.807) is 11.3 Å². The molecule has 4 rings (SSSR count). The summed E-state index contributed by atoms with van der Waals surface area (Å²) >= 11 is 1.71. The van der Waals surface area contributed by atoms with Crippen molar-refractivity contribution in [2.45, 2.75) is 38.6 Å². The lowest BCUT2D eigenvalue weighted by Gasteiger charge is -2.35. The van der Waals surface area contributed by atoms with Crippen LogP contribution in [0.15, 0.2) is 29.6 Å². The van der Waals surface area contributed by atoms with Gasteiger partial charge in [0.2, 0.25) is 5.91 Å². The monoisotopic (exact) mass is 355 g/mol. The number of hydrogen-bond acceptors (Lipinski definition) is 4. The van der Waals surface area contributed by atoms with Crippen LogP contribution >= 0.6 is 11.3 Å². The van der Waals surface area contributed by atoms with Crippen molar-refractivity contribution in [2.75, 3.05) is 26.2 Å². The molecule has 1 fully saturated rings. The van der Waals surface area contributed by atoms with Crippen LogP contribution in [-0.2, 0) is 17.8 Å². The van der Waals surface area contributed by atoms with Crippen LogP contribution in [0.3, 0.4) is 0 Å². The lowest BCUT2D eigenvalue weighted by molar-refractivity contribution is -0.133. The quantitative estimate of drug-likeness (QED) is 0.845. The van der Waals surface area contributed by atoms with Crippen LogP contribution in [0.2, 0.25) is 0 Å². The van der Waals surface area contributed by atoms with Crippen molar-refractivity contribution in [2.24, 2.45) is 0 Å². The number of benzene rings is 1. The maximum Gasteiger partial charge on any atom is 0.223 e. The van der Waals surface area contributed by atoms with Crippen molar-refractivity contribution >= 4 is 17.2 Å². The highest BCUT2D eigenvalue weighted by Crippen LogP contribution is 2.35.